The van der Waals surface area contributed by atoms with Gasteiger partial charge in [0.2, 0.25) is 0 Å². The molecule has 0 spiro atoms. The molecule has 2 N–H and O–H groups in total. The summed E-state index contributed by atoms with van der Waals surface area (Å²) in [7, 11) is -3.70. The number of nitrogens with one attached hydrogen (secondary N) is 2. The molecule has 0 bridgehead atoms. The standard InChI is InChI=1S/C14H11N3O2S2.Na.H/c15-10-11-6-8-12(9-7-11)16-14(20)17-21(18,19)13-4-2-1-3-5-13;;/h1-9H,(H2,16,17,20);;/q;+1;-1. The summed E-state index contributed by atoms with van der Waals surface area (Å²) in [6, 6.07) is 16.4. The number of anilines is 1. The van der Waals surface area contributed by atoms with E-state index in [1.165, 1.54) is 12.1 Å². The van der Waals surface area contributed by atoms with Gasteiger partial charge in [0.05, 0.1) is 16.5 Å². The molecule has 2 rings (SSSR count). The smallest absolute Gasteiger partial charge is 1.00 e. The van der Waals surface area contributed by atoms with Crippen LogP contribution in [0.4, 0.5) is 5.69 Å². The van der Waals surface area contributed by atoms with Crippen LogP contribution in [0.3, 0.4) is 0 Å². The summed E-state index contributed by atoms with van der Waals surface area (Å²) in [6.07, 6.45) is 0. The van der Waals surface area contributed by atoms with Gasteiger partial charge in [-0.1, -0.05) is 18.2 Å². The molecule has 0 aliphatic rings. The van der Waals surface area contributed by atoms with Gasteiger partial charge in [-0.25, -0.2) is 8.42 Å². The van der Waals surface area contributed by atoms with Crippen LogP contribution in [-0.4, -0.2) is 13.5 Å². The molecular formula is C14H12N3NaO2S2. The summed E-state index contributed by atoms with van der Waals surface area (Å²) in [6.45, 7) is 0. The molecule has 0 saturated heterocycles. The van der Waals surface area contributed by atoms with Gasteiger partial charge < -0.3 is 6.74 Å². The quantitative estimate of drug-likeness (QED) is 0.573. The zero-order valence-electron chi connectivity index (χ0n) is 12.8. The SMILES string of the molecule is N#Cc1ccc(NC(=S)NS(=O)(=O)c2ccccc2)cc1.[H-].[Na+]. The molecule has 0 aromatic heterocycles. The van der Waals surface area contributed by atoms with E-state index in [2.05, 4.69) is 10.0 Å². The van der Waals surface area contributed by atoms with E-state index in [0.717, 1.165) is 0 Å². The number of thiocarbonyl (C=S) groups is 1. The second-order valence-corrected chi connectivity index (χ2v) is 6.15. The summed E-state index contributed by atoms with van der Waals surface area (Å²) >= 11 is 4.98. The Morgan fingerprint density at radius 2 is 1.68 bits per heavy atom. The van der Waals surface area contributed by atoms with E-state index in [0.29, 0.717) is 11.3 Å². The zero-order valence-corrected chi connectivity index (χ0v) is 15.4. The molecule has 0 fully saturated rings. The third-order valence-corrected chi connectivity index (χ3v) is 4.25. The number of sulfonamides is 1. The first-order chi connectivity index (χ1) is 10.0. The van der Waals surface area contributed by atoms with Gasteiger partial charge >= 0.3 is 29.6 Å². The van der Waals surface area contributed by atoms with Crippen molar-refractivity contribution in [2.45, 2.75) is 4.90 Å². The van der Waals surface area contributed by atoms with E-state index in [9.17, 15) is 8.42 Å². The van der Waals surface area contributed by atoms with Crippen molar-refractivity contribution in [1.82, 2.24) is 4.72 Å². The summed E-state index contributed by atoms with van der Waals surface area (Å²) in [5, 5.41) is 11.4. The largest absolute Gasteiger partial charge is 1.00 e. The second kappa shape index (κ2) is 8.27. The fourth-order valence-electron chi connectivity index (χ4n) is 1.57. The van der Waals surface area contributed by atoms with Crippen LogP contribution in [-0.2, 0) is 10.0 Å². The number of nitriles is 1. The Balaban J connectivity index is 0.00000242. The van der Waals surface area contributed by atoms with Gasteiger partial charge in [0.15, 0.2) is 5.11 Å². The minimum absolute atomic E-state index is 0. The number of hydrogen-bond donors (Lipinski definition) is 2. The molecule has 0 saturated carbocycles. The molecular weight excluding hydrogens is 329 g/mol. The molecule has 0 radical (unpaired) electrons. The Bertz CT molecular complexity index is 791. The summed E-state index contributed by atoms with van der Waals surface area (Å²) in [4.78, 5) is 0.133. The minimum Gasteiger partial charge on any atom is -1.00 e. The Hall–Kier alpha value is -1.43. The summed E-state index contributed by atoms with van der Waals surface area (Å²) in [5.74, 6) is 0. The van der Waals surface area contributed by atoms with Crippen molar-refractivity contribution in [3.05, 3.63) is 60.2 Å². The molecule has 0 heterocycles. The molecule has 0 aliphatic carbocycles. The van der Waals surface area contributed by atoms with Crippen LogP contribution in [0, 0.1) is 11.3 Å². The van der Waals surface area contributed by atoms with Crippen molar-refractivity contribution in [3.63, 3.8) is 0 Å². The molecule has 0 aliphatic heterocycles. The van der Waals surface area contributed by atoms with E-state index in [1.807, 2.05) is 6.07 Å². The van der Waals surface area contributed by atoms with E-state index in [-0.39, 0.29) is 41.0 Å². The first-order valence-corrected chi connectivity index (χ1v) is 7.79. The molecule has 2 aromatic rings. The van der Waals surface area contributed by atoms with Crippen molar-refractivity contribution in [1.29, 1.82) is 5.26 Å². The average Bonchev–Trinajstić information content (AvgIpc) is 2.48. The number of nitrogens with zero attached hydrogens (tertiary/aromatic N) is 1. The zero-order chi connectivity index (χ0) is 15.3. The van der Waals surface area contributed by atoms with E-state index < -0.39 is 10.0 Å². The molecule has 22 heavy (non-hydrogen) atoms. The maximum atomic E-state index is 12.1. The Labute approximate surface area is 158 Å². The summed E-state index contributed by atoms with van der Waals surface area (Å²) in [5.41, 5.74) is 1.10. The Morgan fingerprint density at radius 3 is 2.23 bits per heavy atom. The van der Waals surface area contributed by atoms with Crippen LogP contribution in [0.25, 0.3) is 0 Å². The maximum absolute atomic E-state index is 12.1. The van der Waals surface area contributed by atoms with Gasteiger partial charge in [-0.3, -0.25) is 4.72 Å². The van der Waals surface area contributed by atoms with Gasteiger partial charge in [0.1, 0.15) is 0 Å². The Kier molecular flexibility index (Phi) is 7.00. The maximum Gasteiger partial charge on any atom is 1.00 e. The van der Waals surface area contributed by atoms with Crippen molar-refractivity contribution in [2.75, 3.05) is 5.32 Å². The second-order valence-electron chi connectivity index (χ2n) is 4.06. The number of benzene rings is 2. The Morgan fingerprint density at radius 1 is 1.09 bits per heavy atom. The van der Waals surface area contributed by atoms with Gasteiger partial charge in [-0.2, -0.15) is 5.26 Å². The van der Waals surface area contributed by atoms with E-state index >= 15 is 0 Å². The van der Waals surface area contributed by atoms with Gasteiger partial charge in [-0.15, -0.1) is 0 Å². The predicted octanol–water partition coefficient (Wildman–Crippen LogP) is -0.650. The minimum atomic E-state index is -3.70. The van der Waals surface area contributed by atoms with Crippen LogP contribution in [0.5, 0.6) is 0 Å². The normalized spacial score (nSPS) is 9.95. The van der Waals surface area contributed by atoms with Crippen LogP contribution in [0.2, 0.25) is 0 Å². The molecule has 108 valence electrons. The first-order valence-electron chi connectivity index (χ1n) is 5.90. The van der Waals surface area contributed by atoms with Crippen LogP contribution < -0.4 is 39.6 Å². The average molecular weight is 341 g/mol. The van der Waals surface area contributed by atoms with Crippen molar-refractivity contribution >= 4 is 33.0 Å². The first kappa shape index (κ1) is 18.6. The molecule has 8 heteroatoms. The van der Waals surface area contributed by atoms with Crippen molar-refractivity contribution in [3.8, 4) is 6.07 Å². The van der Waals surface area contributed by atoms with Gasteiger partial charge in [-0.05, 0) is 48.6 Å². The number of rotatable bonds is 3. The molecule has 0 atom stereocenters. The molecule has 0 amide bonds. The molecule has 5 nitrogen and oxygen atoms in total. The van der Waals surface area contributed by atoms with Crippen LogP contribution in [0.15, 0.2) is 59.5 Å². The fourth-order valence-corrected chi connectivity index (χ4v) is 2.94. The third kappa shape index (κ3) is 5.09. The molecule has 0 unspecified atom stereocenters. The van der Waals surface area contributed by atoms with Crippen molar-refractivity contribution < 1.29 is 39.4 Å². The predicted molar refractivity (Wildman–Crippen MR) is 85.3 cm³/mol. The number of hydrogen-bond acceptors (Lipinski definition) is 4. The van der Waals surface area contributed by atoms with Crippen molar-refractivity contribution in [2.24, 2.45) is 0 Å². The van der Waals surface area contributed by atoms with E-state index in [1.54, 1.807) is 42.5 Å². The third-order valence-electron chi connectivity index (χ3n) is 2.55. The molecule has 2 aromatic carbocycles. The summed E-state index contributed by atoms with van der Waals surface area (Å²) < 4.78 is 26.4. The topological polar surface area (TPSA) is 82.0 Å². The van der Waals surface area contributed by atoms with Crippen LogP contribution in [0.1, 0.15) is 6.99 Å². The van der Waals surface area contributed by atoms with Crippen LogP contribution >= 0.6 is 12.2 Å². The fraction of sp³-hybridized carbons (Fsp3) is 0. The monoisotopic (exact) mass is 341 g/mol. The van der Waals surface area contributed by atoms with Gasteiger partial charge in [0, 0.05) is 5.69 Å². The van der Waals surface area contributed by atoms with E-state index in [4.69, 9.17) is 17.5 Å². The van der Waals surface area contributed by atoms with Gasteiger partial charge in [0.25, 0.3) is 10.0 Å².